The highest BCUT2D eigenvalue weighted by atomic mass is 35.5. The average Bonchev–Trinajstić information content (AvgIpc) is 2.11. The minimum absolute atomic E-state index is 0.140. The summed E-state index contributed by atoms with van der Waals surface area (Å²) in [6.07, 6.45) is 0. The molecule has 0 aromatic heterocycles. The summed E-state index contributed by atoms with van der Waals surface area (Å²) in [4.78, 5) is 11.2. The molecule has 76 valence electrons. The van der Waals surface area contributed by atoms with E-state index in [1.165, 1.54) is 12.1 Å². The first-order valence-corrected chi connectivity index (χ1v) is 5.10. The van der Waals surface area contributed by atoms with Gasteiger partial charge in [0.05, 0.1) is 20.6 Å². The Morgan fingerprint density at radius 1 is 1.14 bits per heavy atom. The minimum Gasteiger partial charge on any atom is -0.446 e. The van der Waals surface area contributed by atoms with Gasteiger partial charge in [0.1, 0.15) is 0 Å². The van der Waals surface area contributed by atoms with E-state index in [1.807, 2.05) is 0 Å². The Bertz CT molecular complexity index is 365. The molecule has 2 nitrogen and oxygen atoms in total. The number of benzene rings is 1. The van der Waals surface area contributed by atoms with Crippen LogP contribution < -0.4 is 0 Å². The summed E-state index contributed by atoms with van der Waals surface area (Å²) in [7, 11) is 0. The molecule has 0 fully saturated rings. The molecule has 6 heteroatoms. The van der Waals surface area contributed by atoms with E-state index < -0.39 is 5.97 Å². The lowest BCUT2D eigenvalue weighted by atomic mass is 10.2. The molecule has 1 aromatic rings. The maximum atomic E-state index is 11.2. The van der Waals surface area contributed by atoms with Gasteiger partial charge in [0.25, 0.3) is 0 Å². The molecule has 1 rings (SSSR count). The van der Waals surface area contributed by atoms with Crippen LogP contribution in [0.15, 0.2) is 12.1 Å². The summed E-state index contributed by atoms with van der Waals surface area (Å²) in [5.74, 6) is -0.636. The van der Waals surface area contributed by atoms with Crippen LogP contribution in [0, 0.1) is 0 Å². The monoisotopic (exact) mass is 272 g/mol. The van der Waals surface area contributed by atoms with Crippen molar-refractivity contribution in [3.05, 3.63) is 32.8 Å². The fourth-order valence-corrected chi connectivity index (χ4v) is 1.53. The van der Waals surface area contributed by atoms with Crippen molar-refractivity contribution < 1.29 is 9.53 Å². The zero-order valence-corrected chi connectivity index (χ0v) is 9.71. The summed E-state index contributed by atoms with van der Waals surface area (Å²) in [6.45, 7) is 0. The van der Waals surface area contributed by atoms with Gasteiger partial charge in [0.15, 0.2) is 6.07 Å². The molecular formula is C8H4Cl4O2. The first kappa shape index (κ1) is 11.9. The van der Waals surface area contributed by atoms with Gasteiger partial charge in [0, 0.05) is 0 Å². The lowest BCUT2D eigenvalue weighted by Crippen LogP contribution is -2.04. The fraction of sp³-hybridized carbons (Fsp3) is 0.125. The average molecular weight is 274 g/mol. The fourth-order valence-electron chi connectivity index (χ4n) is 0.806. The molecule has 0 aliphatic carbocycles. The predicted octanol–water partition coefficient (Wildman–Crippen LogP) is 4.00. The number of ether oxygens (including phenoxy) is 1. The van der Waals surface area contributed by atoms with Crippen LogP contribution in [0.5, 0.6) is 0 Å². The summed E-state index contributed by atoms with van der Waals surface area (Å²) >= 11 is 22.3. The lowest BCUT2D eigenvalue weighted by molar-refractivity contribution is 0.0574. The molecule has 0 atom stereocenters. The Hall–Kier alpha value is -0.150. The Morgan fingerprint density at radius 3 is 2.29 bits per heavy atom. The number of carbonyl (C=O) groups is 1. The van der Waals surface area contributed by atoms with E-state index in [2.05, 4.69) is 4.74 Å². The number of halogens is 4. The van der Waals surface area contributed by atoms with Crippen molar-refractivity contribution in [3.8, 4) is 0 Å². The van der Waals surface area contributed by atoms with E-state index in [0.29, 0.717) is 0 Å². The number of alkyl halides is 1. The van der Waals surface area contributed by atoms with Crippen molar-refractivity contribution >= 4 is 52.4 Å². The molecule has 0 radical (unpaired) electrons. The third kappa shape index (κ3) is 2.67. The Kier molecular flexibility index (Phi) is 4.32. The van der Waals surface area contributed by atoms with E-state index >= 15 is 0 Å². The zero-order chi connectivity index (χ0) is 10.7. The Labute approximate surface area is 101 Å². The minimum atomic E-state index is -0.636. The molecular weight excluding hydrogens is 270 g/mol. The number of rotatable bonds is 2. The number of hydrogen-bond acceptors (Lipinski definition) is 2. The van der Waals surface area contributed by atoms with E-state index in [4.69, 9.17) is 46.4 Å². The van der Waals surface area contributed by atoms with Gasteiger partial charge in [-0.15, -0.1) is 0 Å². The van der Waals surface area contributed by atoms with Gasteiger partial charge in [0.2, 0.25) is 0 Å². The van der Waals surface area contributed by atoms with Crippen LogP contribution in [0.4, 0.5) is 0 Å². The smallest absolute Gasteiger partial charge is 0.340 e. The molecule has 0 N–H and O–H groups in total. The molecule has 0 aliphatic heterocycles. The normalized spacial score (nSPS) is 10.0. The summed E-state index contributed by atoms with van der Waals surface area (Å²) in [5.41, 5.74) is 0.140. The van der Waals surface area contributed by atoms with Crippen molar-refractivity contribution in [2.75, 3.05) is 6.07 Å². The maximum absolute atomic E-state index is 11.2. The van der Waals surface area contributed by atoms with E-state index in [-0.39, 0.29) is 26.7 Å². The SMILES string of the molecule is O=C(OCCl)c1cc(Cl)c(Cl)cc1Cl. The molecule has 0 saturated heterocycles. The number of carbonyl (C=O) groups excluding carboxylic acids is 1. The zero-order valence-electron chi connectivity index (χ0n) is 6.69. The second kappa shape index (κ2) is 5.08. The van der Waals surface area contributed by atoms with Gasteiger partial charge >= 0.3 is 5.97 Å². The molecule has 0 heterocycles. The molecule has 0 bridgehead atoms. The summed E-state index contributed by atoms with van der Waals surface area (Å²) < 4.78 is 4.54. The van der Waals surface area contributed by atoms with Gasteiger partial charge in [-0.1, -0.05) is 46.4 Å². The van der Waals surface area contributed by atoms with Crippen molar-refractivity contribution in [3.63, 3.8) is 0 Å². The lowest BCUT2D eigenvalue weighted by Gasteiger charge is -2.04. The molecule has 0 aliphatic rings. The molecule has 0 spiro atoms. The second-order valence-electron chi connectivity index (χ2n) is 2.29. The van der Waals surface area contributed by atoms with Crippen LogP contribution in [0.25, 0.3) is 0 Å². The molecule has 0 unspecified atom stereocenters. The standard InChI is InChI=1S/C8H4Cl4O2/c9-3-14-8(13)4-1-6(11)7(12)2-5(4)10/h1-2H,3H2. The Morgan fingerprint density at radius 2 is 1.71 bits per heavy atom. The largest absolute Gasteiger partial charge is 0.446 e. The van der Waals surface area contributed by atoms with Gasteiger partial charge in [-0.05, 0) is 12.1 Å². The van der Waals surface area contributed by atoms with Crippen molar-refractivity contribution in [2.24, 2.45) is 0 Å². The highest BCUT2D eigenvalue weighted by molar-refractivity contribution is 6.44. The topological polar surface area (TPSA) is 26.3 Å². The summed E-state index contributed by atoms with van der Waals surface area (Å²) in [5, 5.41) is 0.686. The first-order valence-electron chi connectivity index (χ1n) is 3.44. The molecule has 0 amide bonds. The van der Waals surface area contributed by atoms with Gasteiger partial charge in [-0.3, -0.25) is 0 Å². The predicted molar refractivity (Wildman–Crippen MR) is 57.6 cm³/mol. The van der Waals surface area contributed by atoms with Gasteiger partial charge in [-0.25, -0.2) is 4.79 Å². The highest BCUT2D eigenvalue weighted by Crippen LogP contribution is 2.29. The second-order valence-corrected chi connectivity index (χ2v) is 3.73. The number of hydrogen-bond donors (Lipinski definition) is 0. The Balaban J connectivity index is 3.09. The molecule has 14 heavy (non-hydrogen) atoms. The van der Waals surface area contributed by atoms with Crippen molar-refractivity contribution in [2.45, 2.75) is 0 Å². The number of esters is 1. The van der Waals surface area contributed by atoms with Crippen LogP contribution in [0.2, 0.25) is 15.1 Å². The molecule has 0 saturated carbocycles. The first-order chi connectivity index (χ1) is 6.56. The van der Waals surface area contributed by atoms with Gasteiger partial charge in [-0.2, -0.15) is 0 Å². The van der Waals surface area contributed by atoms with E-state index in [0.717, 1.165) is 0 Å². The van der Waals surface area contributed by atoms with Crippen LogP contribution in [-0.2, 0) is 4.74 Å². The maximum Gasteiger partial charge on any atom is 0.340 e. The van der Waals surface area contributed by atoms with Crippen LogP contribution in [-0.4, -0.2) is 12.0 Å². The van der Waals surface area contributed by atoms with Gasteiger partial charge < -0.3 is 4.74 Å². The quantitative estimate of drug-likeness (QED) is 0.463. The highest BCUT2D eigenvalue weighted by Gasteiger charge is 2.14. The molecule has 1 aromatic carbocycles. The third-order valence-corrected chi connectivity index (χ3v) is 2.56. The van der Waals surface area contributed by atoms with Crippen LogP contribution in [0.3, 0.4) is 0 Å². The van der Waals surface area contributed by atoms with E-state index in [9.17, 15) is 4.79 Å². The van der Waals surface area contributed by atoms with Crippen molar-refractivity contribution in [1.82, 2.24) is 0 Å². The van der Waals surface area contributed by atoms with E-state index in [1.54, 1.807) is 0 Å². The summed E-state index contributed by atoms with van der Waals surface area (Å²) in [6, 6.07) is 2.47. The van der Waals surface area contributed by atoms with Crippen molar-refractivity contribution in [1.29, 1.82) is 0 Å². The third-order valence-electron chi connectivity index (χ3n) is 1.42. The van der Waals surface area contributed by atoms with Crippen LogP contribution >= 0.6 is 46.4 Å². The van der Waals surface area contributed by atoms with Crippen LogP contribution in [0.1, 0.15) is 10.4 Å².